The highest BCUT2D eigenvalue weighted by atomic mass is 15.2. The van der Waals surface area contributed by atoms with Gasteiger partial charge in [0.05, 0.1) is 0 Å². The first-order chi connectivity index (χ1) is 16.8. The second-order valence-electron chi connectivity index (χ2n) is 10.5. The van der Waals surface area contributed by atoms with Gasteiger partial charge >= 0.3 is 0 Å². The summed E-state index contributed by atoms with van der Waals surface area (Å²) < 4.78 is 0. The van der Waals surface area contributed by atoms with E-state index in [2.05, 4.69) is 77.7 Å². The van der Waals surface area contributed by atoms with Crippen LogP contribution < -0.4 is 10.6 Å². The number of benzene rings is 3. The van der Waals surface area contributed by atoms with Gasteiger partial charge in [0.2, 0.25) is 0 Å². The minimum atomic E-state index is 0.658. The molecule has 0 atom stereocenters. The molecule has 0 spiro atoms. The highest BCUT2D eigenvalue weighted by molar-refractivity contribution is 5.67. The van der Waals surface area contributed by atoms with Gasteiger partial charge in [-0.1, -0.05) is 105 Å². The number of hydrogen-bond donors (Lipinski definition) is 1. The summed E-state index contributed by atoms with van der Waals surface area (Å²) in [6, 6.07) is 27.8. The molecule has 2 aliphatic carbocycles. The van der Waals surface area contributed by atoms with Crippen LogP contribution >= 0.6 is 0 Å². The number of anilines is 2. The lowest BCUT2D eigenvalue weighted by atomic mass is 9.86. The molecule has 178 valence electrons. The van der Waals surface area contributed by atoms with E-state index in [1.807, 2.05) is 0 Å². The minimum absolute atomic E-state index is 0.658. The van der Waals surface area contributed by atoms with Crippen LogP contribution in [0.1, 0.15) is 86.5 Å². The number of nitrogens with zero attached hydrogens (tertiary/aromatic N) is 1. The van der Waals surface area contributed by atoms with Crippen LogP contribution in [-0.4, -0.2) is 12.1 Å². The zero-order chi connectivity index (χ0) is 23.2. The molecule has 3 aromatic rings. The minimum Gasteiger partial charge on any atom is -0.398 e. The van der Waals surface area contributed by atoms with Gasteiger partial charge < -0.3 is 10.6 Å². The van der Waals surface area contributed by atoms with E-state index in [0.717, 1.165) is 18.5 Å². The van der Waals surface area contributed by atoms with Gasteiger partial charge in [-0.05, 0) is 66.8 Å². The van der Waals surface area contributed by atoms with Crippen LogP contribution in [0.15, 0.2) is 72.8 Å². The summed E-state index contributed by atoms with van der Waals surface area (Å²) in [7, 11) is 0. The molecule has 0 unspecified atom stereocenters. The molecule has 0 heterocycles. The van der Waals surface area contributed by atoms with Crippen molar-refractivity contribution < 1.29 is 0 Å². The molecule has 2 nitrogen and oxygen atoms in total. The summed E-state index contributed by atoms with van der Waals surface area (Å²) in [5, 5.41) is 0. The van der Waals surface area contributed by atoms with Crippen molar-refractivity contribution >= 4 is 11.4 Å². The maximum absolute atomic E-state index is 6.80. The van der Waals surface area contributed by atoms with E-state index >= 15 is 0 Å². The quantitative estimate of drug-likeness (QED) is 0.369. The Labute approximate surface area is 206 Å². The average Bonchev–Trinajstić information content (AvgIpc) is 2.89. The van der Waals surface area contributed by atoms with Gasteiger partial charge in [-0.15, -0.1) is 0 Å². The van der Waals surface area contributed by atoms with Gasteiger partial charge in [-0.25, -0.2) is 0 Å². The molecule has 2 aliphatic rings. The normalized spacial score (nSPS) is 17.5. The maximum atomic E-state index is 6.80. The van der Waals surface area contributed by atoms with Crippen molar-refractivity contribution in [2.24, 2.45) is 0 Å². The lowest BCUT2D eigenvalue weighted by Gasteiger charge is -2.44. The number of rotatable bonds is 7. The topological polar surface area (TPSA) is 29.3 Å². The lowest BCUT2D eigenvalue weighted by molar-refractivity contribution is 0.339. The fraction of sp³-hybridized carbons (Fsp3) is 0.438. The second kappa shape index (κ2) is 11.1. The molecule has 2 heteroatoms. The van der Waals surface area contributed by atoms with Crippen molar-refractivity contribution in [1.82, 2.24) is 0 Å². The molecule has 2 saturated carbocycles. The molecular formula is C32H40N2. The molecule has 2 N–H and O–H groups in total. The molecule has 0 bridgehead atoms. The lowest BCUT2D eigenvalue weighted by Crippen LogP contribution is -2.46. The molecule has 34 heavy (non-hydrogen) atoms. The smallest absolute Gasteiger partial charge is 0.0428 e. The van der Waals surface area contributed by atoms with Crippen molar-refractivity contribution in [3.05, 3.63) is 95.1 Å². The molecule has 3 aromatic carbocycles. The number of nitrogens with two attached hydrogens (primary N) is 1. The summed E-state index contributed by atoms with van der Waals surface area (Å²) >= 11 is 0. The fourth-order valence-corrected chi connectivity index (χ4v) is 6.28. The van der Waals surface area contributed by atoms with Crippen molar-refractivity contribution in [3.63, 3.8) is 0 Å². The Morgan fingerprint density at radius 3 is 1.56 bits per heavy atom. The number of nitrogen functional groups attached to an aromatic ring is 1. The van der Waals surface area contributed by atoms with Crippen molar-refractivity contribution in [2.75, 3.05) is 10.6 Å². The monoisotopic (exact) mass is 452 g/mol. The summed E-state index contributed by atoms with van der Waals surface area (Å²) in [5.74, 6) is 0. The van der Waals surface area contributed by atoms with Crippen LogP contribution in [0.25, 0.3) is 0 Å². The van der Waals surface area contributed by atoms with Crippen LogP contribution in [-0.2, 0) is 12.8 Å². The highest BCUT2D eigenvalue weighted by Gasteiger charge is 2.31. The number of hydrogen-bond acceptors (Lipinski definition) is 2. The molecule has 0 aromatic heterocycles. The second-order valence-corrected chi connectivity index (χ2v) is 10.5. The Balaban J connectivity index is 1.56. The predicted molar refractivity (Wildman–Crippen MR) is 146 cm³/mol. The Morgan fingerprint density at radius 2 is 1.06 bits per heavy atom. The Morgan fingerprint density at radius 1 is 0.588 bits per heavy atom. The van der Waals surface area contributed by atoms with Gasteiger partial charge in [-0.3, -0.25) is 0 Å². The van der Waals surface area contributed by atoms with Gasteiger partial charge in [0.1, 0.15) is 0 Å². The standard InChI is InChI=1S/C32H40N2/c33-31-24-32(34(29-17-9-3-10-18-29)30-19-11-4-12-20-30)28(22-26-15-7-2-8-16-26)23-27(31)21-25-13-5-1-6-14-25/h1-2,5-8,13-16,23-24,29-30H,3-4,9-12,17-22,33H2. The third-order valence-corrected chi connectivity index (χ3v) is 8.03. The van der Waals surface area contributed by atoms with E-state index in [0.29, 0.717) is 12.1 Å². The van der Waals surface area contributed by atoms with E-state index in [1.54, 1.807) is 0 Å². The Hall–Kier alpha value is -2.74. The van der Waals surface area contributed by atoms with E-state index in [4.69, 9.17) is 5.73 Å². The highest BCUT2D eigenvalue weighted by Crippen LogP contribution is 2.39. The zero-order valence-corrected chi connectivity index (χ0v) is 20.6. The molecule has 0 aliphatic heterocycles. The van der Waals surface area contributed by atoms with Crippen LogP contribution in [0.4, 0.5) is 11.4 Å². The first-order valence-electron chi connectivity index (χ1n) is 13.6. The summed E-state index contributed by atoms with van der Waals surface area (Å²) in [5.41, 5.74) is 14.6. The van der Waals surface area contributed by atoms with Gasteiger partial charge in [0, 0.05) is 23.5 Å². The van der Waals surface area contributed by atoms with E-state index in [9.17, 15) is 0 Å². The summed E-state index contributed by atoms with van der Waals surface area (Å²) in [6.07, 6.45) is 15.4. The summed E-state index contributed by atoms with van der Waals surface area (Å²) in [6.45, 7) is 0. The van der Waals surface area contributed by atoms with Crippen molar-refractivity contribution in [1.29, 1.82) is 0 Å². The molecular weight excluding hydrogens is 412 g/mol. The van der Waals surface area contributed by atoms with E-state index in [1.165, 1.54) is 92.1 Å². The molecule has 0 amide bonds. The maximum Gasteiger partial charge on any atom is 0.0428 e. The van der Waals surface area contributed by atoms with Crippen LogP contribution in [0, 0.1) is 0 Å². The third kappa shape index (κ3) is 5.49. The first kappa shape index (κ1) is 23.0. The first-order valence-corrected chi connectivity index (χ1v) is 13.6. The third-order valence-electron chi connectivity index (χ3n) is 8.03. The molecule has 0 saturated heterocycles. The zero-order valence-electron chi connectivity index (χ0n) is 20.6. The Bertz CT molecular complexity index is 1010. The van der Waals surface area contributed by atoms with Crippen molar-refractivity contribution in [3.8, 4) is 0 Å². The fourth-order valence-electron chi connectivity index (χ4n) is 6.28. The SMILES string of the molecule is Nc1cc(N(C2CCCCC2)C2CCCCC2)c(Cc2ccccc2)cc1Cc1ccccc1. The van der Waals surface area contributed by atoms with Gasteiger partial charge in [0.25, 0.3) is 0 Å². The van der Waals surface area contributed by atoms with Crippen LogP contribution in [0.3, 0.4) is 0 Å². The van der Waals surface area contributed by atoms with Crippen molar-refractivity contribution in [2.45, 2.75) is 89.1 Å². The van der Waals surface area contributed by atoms with E-state index < -0.39 is 0 Å². The largest absolute Gasteiger partial charge is 0.398 e. The molecule has 5 rings (SSSR count). The Kier molecular flexibility index (Phi) is 7.53. The predicted octanol–water partition coefficient (Wildman–Crippen LogP) is 7.92. The van der Waals surface area contributed by atoms with Gasteiger partial charge in [-0.2, -0.15) is 0 Å². The molecule has 2 fully saturated rings. The molecule has 0 radical (unpaired) electrons. The van der Waals surface area contributed by atoms with E-state index in [-0.39, 0.29) is 0 Å². The van der Waals surface area contributed by atoms with Crippen LogP contribution in [0.5, 0.6) is 0 Å². The van der Waals surface area contributed by atoms with Crippen LogP contribution in [0.2, 0.25) is 0 Å². The summed E-state index contributed by atoms with van der Waals surface area (Å²) in [4.78, 5) is 2.86. The van der Waals surface area contributed by atoms with Gasteiger partial charge in [0.15, 0.2) is 0 Å². The average molecular weight is 453 g/mol.